The summed E-state index contributed by atoms with van der Waals surface area (Å²) in [6.45, 7) is 9.23. The molecular formula is C18H30N2. The number of rotatable bonds is 6. The van der Waals surface area contributed by atoms with E-state index in [1.807, 2.05) is 12.3 Å². The smallest absolute Gasteiger partial charge is 0.0406 e. The molecule has 3 atom stereocenters. The number of hydrogen-bond acceptors (Lipinski definition) is 2. The van der Waals surface area contributed by atoms with E-state index in [0.717, 1.165) is 36.6 Å². The fourth-order valence-corrected chi connectivity index (χ4v) is 3.60. The van der Waals surface area contributed by atoms with Crippen LogP contribution in [-0.2, 0) is 6.42 Å². The van der Waals surface area contributed by atoms with E-state index in [-0.39, 0.29) is 0 Å². The van der Waals surface area contributed by atoms with Crippen molar-refractivity contribution in [3.63, 3.8) is 0 Å². The van der Waals surface area contributed by atoms with Gasteiger partial charge in [-0.1, -0.05) is 26.8 Å². The lowest BCUT2D eigenvalue weighted by molar-refractivity contribution is 0.144. The number of pyridine rings is 1. The van der Waals surface area contributed by atoms with Gasteiger partial charge < -0.3 is 5.32 Å². The highest BCUT2D eigenvalue weighted by Gasteiger charge is 2.31. The van der Waals surface area contributed by atoms with Gasteiger partial charge in [0.2, 0.25) is 0 Å². The molecule has 0 aliphatic heterocycles. The second-order valence-corrected chi connectivity index (χ2v) is 6.67. The first kappa shape index (κ1) is 15.5. The molecule has 1 aliphatic rings. The minimum Gasteiger partial charge on any atom is -0.317 e. The first-order chi connectivity index (χ1) is 9.70. The van der Waals surface area contributed by atoms with Crippen molar-refractivity contribution in [3.05, 3.63) is 30.1 Å². The Morgan fingerprint density at radius 1 is 1.25 bits per heavy atom. The molecule has 1 aromatic heterocycles. The van der Waals surface area contributed by atoms with Crippen LogP contribution in [0.3, 0.4) is 0 Å². The average Bonchev–Trinajstić information content (AvgIpc) is 2.47. The monoisotopic (exact) mass is 274 g/mol. The van der Waals surface area contributed by atoms with E-state index in [1.54, 1.807) is 0 Å². The van der Waals surface area contributed by atoms with Crippen molar-refractivity contribution >= 4 is 0 Å². The lowest BCUT2D eigenvalue weighted by Gasteiger charge is -2.38. The van der Waals surface area contributed by atoms with Gasteiger partial charge in [-0.2, -0.15) is 0 Å². The molecule has 3 unspecified atom stereocenters. The van der Waals surface area contributed by atoms with E-state index in [1.165, 1.54) is 31.5 Å². The molecule has 0 radical (unpaired) electrons. The van der Waals surface area contributed by atoms with Crippen molar-refractivity contribution in [1.29, 1.82) is 0 Å². The number of nitrogens with one attached hydrogen (secondary N) is 1. The van der Waals surface area contributed by atoms with Gasteiger partial charge >= 0.3 is 0 Å². The Labute approximate surface area is 124 Å². The first-order valence-corrected chi connectivity index (χ1v) is 8.31. The molecule has 1 N–H and O–H groups in total. The van der Waals surface area contributed by atoms with Crippen LogP contribution in [0.25, 0.3) is 0 Å². The normalized spacial score (nSPS) is 26.9. The zero-order chi connectivity index (χ0) is 14.4. The maximum atomic E-state index is 4.54. The topological polar surface area (TPSA) is 24.9 Å². The molecule has 2 rings (SSSR count). The van der Waals surface area contributed by atoms with Crippen LogP contribution in [0.2, 0.25) is 0 Å². The number of hydrogen-bond donors (Lipinski definition) is 1. The van der Waals surface area contributed by atoms with Crippen LogP contribution in [0.4, 0.5) is 0 Å². The minimum absolute atomic E-state index is 0.796. The number of nitrogens with zero attached hydrogens (tertiary/aromatic N) is 1. The highest BCUT2D eigenvalue weighted by atomic mass is 14.8. The summed E-state index contributed by atoms with van der Waals surface area (Å²) in [6, 6.07) is 6.31. The quantitative estimate of drug-likeness (QED) is 0.850. The standard InChI is InChI=1S/C18H30N2/c1-4-19-13-16-9-8-15(14(2)3)11-17(16)12-18-7-5-6-10-20-18/h5-7,10,14-17,19H,4,8-9,11-13H2,1-3H3. The van der Waals surface area contributed by atoms with E-state index in [4.69, 9.17) is 0 Å². The predicted octanol–water partition coefficient (Wildman–Crippen LogP) is 3.92. The van der Waals surface area contributed by atoms with Crippen LogP contribution in [0.1, 0.15) is 45.7 Å². The Hall–Kier alpha value is -0.890. The first-order valence-electron chi connectivity index (χ1n) is 8.31. The van der Waals surface area contributed by atoms with Gasteiger partial charge in [0.25, 0.3) is 0 Å². The largest absolute Gasteiger partial charge is 0.317 e. The van der Waals surface area contributed by atoms with Gasteiger partial charge in [0.15, 0.2) is 0 Å². The Kier molecular flexibility index (Phi) is 6.03. The van der Waals surface area contributed by atoms with Crippen LogP contribution in [0.15, 0.2) is 24.4 Å². The Morgan fingerprint density at radius 2 is 2.10 bits per heavy atom. The molecule has 0 saturated heterocycles. The molecule has 1 heterocycles. The summed E-state index contributed by atoms with van der Waals surface area (Å²) in [4.78, 5) is 4.54. The van der Waals surface area contributed by atoms with Crippen molar-refractivity contribution in [2.75, 3.05) is 13.1 Å². The van der Waals surface area contributed by atoms with Gasteiger partial charge in [0, 0.05) is 11.9 Å². The maximum Gasteiger partial charge on any atom is 0.0406 e. The van der Waals surface area contributed by atoms with Crippen LogP contribution in [-0.4, -0.2) is 18.1 Å². The predicted molar refractivity (Wildman–Crippen MR) is 85.6 cm³/mol. The van der Waals surface area contributed by atoms with E-state index >= 15 is 0 Å². The minimum atomic E-state index is 0.796. The zero-order valence-electron chi connectivity index (χ0n) is 13.3. The second kappa shape index (κ2) is 7.78. The average molecular weight is 274 g/mol. The van der Waals surface area contributed by atoms with Crippen LogP contribution < -0.4 is 5.32 Å². The molecule has 1 aliphatic carbocycles. The lowest BCUT2D eigenvalue weighted by atomic mass is 9.69. The summed E-state index contributed by atoms with van der Waals surface area (Å²) < 4.78 is 0. The molecule has 0 aromatic carbocycles. The van der Waals surface area contributed by atoms with E-state index < -0.39 is 0 Å². The molecule has 2 nitrogen and oxygen atoms in total. The van der Waals surface area contributed by atoms with Gasteiger partial charge in [-0.3, -0.25) is 4.98 Å². The van der Waals surface area contributed by atoms with Gasteiger partial charge in [-0.15, -0.1) is 0 Å². The molecule has 1 aromatic rings. The second-order valence-electron chi connectivity index (χ2n) is 6.67. The van der Waals surface area contributed by atoms with Gasteiger partial charge in [0.1, 0.15) is 0 Å². The van der Waals surface area contributed by atoms with Crippen LogP contribution in [0, 0.1) is 23.7 Å². The molecule has 112 valence electrons. The zero-order valence-corrected chi connectivity index (χ0v) is 13.3. The number of aromatic nitrogens is 1. The third-order valence-electron chi connectivity index (χ3n) is 4.98. The van der Waals surface area contributed by atoms with E-state index in [0.29, 0.717) is 0 Å². The molecule has 1 fully saturated rings. The fourth-order valence-electron chi connectivity index (χ4n) is 3.60. The molecule has 0 amide bonds. The van der Waals surface area contributed by atoms with Crippen molar-refractivity contribution in [1.82, 2.24) is 10.3 Å². The SMILES string of the molecule is CCNCC1CCC(C(C)C)CC1Cc1ccccn1. The Bertz CT molecular complexity index is 374. The summed E-state index contributed by atoms with van der Waals surface area (Å²) in [5.41, 5.74) is 1.27. The molecule has 0 bridgehead atoms. The Balaban J connectivity index is 2.01. The lowest BCUT2D eigenvalue weighted by Crippen LogP contribution is -2.35. The Morgan fingerprint density at radius 3 is 2.75 bits per heavy atom. The van der Waals surface area contributed by atoms with Gasteiger partial charge in [0.05, 0.1) is 0 Å². The van der Waals surface area contributed by atoms with Crippen molar-refractivity contribution in [2.24, 2.45) is 23.7 Å². The molecule has 2 heteroatoms. The summed E-state index contributed by atoms with van der Waals surface area (Å²) >= 11 is 0. The van der Waals surface area contributed by atoms with Crippen LogP contribution in [0.5, 0.6) is 0 Å². The van der Waals surface area contributed by atoms with Crippen LogP contribution >= 0.6 is 0 Å². The van der Waals surface area contributed by atoms with Gasteiger partial charge in [-0.05, 0) is 74.6 Å². The summed E-state index contributed by atoms with van der Waals surface area (Å²) in [7, 11) is 0. The third-order valence-corrected chi connectivity index (χ3v) is 4.98. The highest BCUT2D eigenvalue weighted by Crippen LogP contribution is 2.38. The van der Waals surface area contributed by atoms with Crippen molar-refractivity contribution < 1.29 is 0 Å². The summed E-state index contributed by atoms with van der Waals surface area (Å²) in [5, 5.41) is 3.56. The fraction of sp³-hybridized carbons (Fsp3) is 0.722. The summed E-state index contributed by atoms with van der Waals surface area (Å²) in [5.74, 6) is 3.35. The van der Waals surface area contributed by atoms with Crippen molar-refractivity contribution in [2.45, 2.75) is 46.5 Å². The summed E-state index contributed by atoms with van der Waals surface area (Å²) in [6.07, 6.45) is 7.25. The van der Waals surface area contributed by atoms with Crippen molar-refractivity contribution in [3.8, 4) is 0 Å². The molecule has 0 spiro atoms. The van der Waals surface area contributed by atoms with Gasteiger partial charge in [-0.25, -0.2) is 0 Å². The molecule has 20 heavy (non-hydrogen) atoms. The third kappa shape index (κ3) is 4.31. The van der Waals surface area contributed by atoms with E-state index in [2.05, 4.69) is 43.2 Å². The maximum absolute atomic E-state index is 4.54. The molecular weight excluding hydrogens is 244 g/mol. The van der Waals surface area contributed by atoms with E-state index in [9.17, 15) is 0 Å². The highest BCUT2D eigenvalue weighted by molar-refractivity contribution is 5.05. The molecule has 1 saturated carbocycles.